The fraction of sp³-hybridized carbons (Fsp3) is 0.917. The molecule has 106 valence electrons. The number of rotatable bonds is 2. The van der Waals surface area contributed by atoms with Crippen molar-refractivity contribution in [2.24, 2.45) is 5.92 Å². The summed E-state index contributed by atoms with van der Waals surface area (Å²) in [5, 5.41) is 0. The van der Waals surface area contributed by atoms with E-state index in [9.17, 15) is 18.0 Å². The van der Waals surface area contributed by atoms with Gasteiger partial charge in [0.1, 0.15) is 0 Å². The third kappa shape index (κ3) is 4.48. The first kappa shape index (κ1) is 15.3. The second-order valence-electron chi connectivity index (χ2n) is 5.22. The van der Waals surface area contributed by atoms with Crippen LogP contribution in [0.1, 0.15) is 27.2 Å². The zero-order valence-electron chi connectivity index (χ0n) is 11.1. The fourth-order valence-corrected chi connectivity index (χ4v) is 2.18. The topological polar surface area (TPSA) is 23.6 Å². The third-order valence-corrected chi connectivity index (χ3v) is 3.23. The van der Waals surface area contributed by atoms with E-state index in [1.807, 2.05) is 20.8 Å². The van der Waals surface area contributed by atoms with Crippen molar-refractivity contribution in [2.75, 3.05) is 26.2 Å². The van der Waals surface area contributed by atoms with E-state index in [4.69, 9.17) is 0 Å². The van der Waals surface area contributed by atoms with Gasteiger partial charge in [-0.25, -0.2) is 0 Å². The second kappa shape index (κ2) is 5.91. The maximum Gasteiger partial charge on any atom is 0.401 e. The predicted molar refractivity (Wildman–Crippen MR) is 63.1 cm³/mol. The van der Waals surface area contributed by atoms with Crippen LogP contribution in [-0.2, 0) is 4.79 Å². The van der Waals surface area contributed by atoms with Crippen LogP contribution in [0.5, 0.6) is 0 Å². The lowest BCUT2D eigenvalue weighted by molar-refractivity contribution is -0.145. The van der Waals surface area contributed by atoms with E-state index >= 15 is 0 Å². The molecule has 0 radical (unpaired) electrons. The Morgan fingerprint density at radius 1 is 1.28 bits per heavy atom. The van der Waals surface area contributed by atoms with Gasteiger partial charge in [0, 0.05) is 31.6 Å². The first-order valence-electron chi connectivity index (χ1n) is 6.30. The van der Waals surface area contributed by atoms with E-state index in [1.165, 1.54) is 4.90 Å². The van der Waals surface area contributed by atoms with Crippen LogP contribution in [-0.4, -0.2) is 54.1 Å². The van der Waals surface area contributed by atoms with E-state index in [0.717, 1.165) is 0 Å². The Morgan fingerprint density at radius 3 is 2.39 bits per heavy atom. The minimum absolute atomic E-state index is 0.0122. The van der Waals surface area contributed by atoms with E-state index in [2.05, 4.69) is 0 Å². The Morgan fingerprint density at radius 2 is 1.89 bits per heavy atom. The maximum absolute atomic E-state index is 12.3. The van der Waals surface area contributed by atoms with Crippen molar-refractivity contribution >= 4 is 5.91 Å². The van der Waals surface area contributed by atoms with Gasteiger partial charge in [-0.3, -0.25) is 9.69 Å². The Kier molecular flexibility index (Phi) is 5.01. The van der Waals surface area contributed by atoms with Crippen molar-refractivity contribution in [3.05, 3.63) is 0 Å². The minimum atomic E-state index is -4.17. The Balaban J connectivity index is 2.61. The summed E-state index contributed by atoms with van der Waals surface area (Å²) in [7, 11) is 0. The molecule has 1 heterocycles. The van der Waals surface area contributed by atoms with Gasteiger partial charge < -0.3 is 4.90 Å². The highest BCUT2D eigenvalue weighted by Gasteiger charge is 2.33. The molecular weight excluding hydrogens is 245 g/mol. The Bertz CT molecular complexity index is 292. The van der Waals surface area contributed by atoms with Crippen LogP contribution >= 0.6 is 0 Å². The van der Waals surface area contributed by atoms with Crippen molar-refractivity contribution in [2.45, 2.75) is 39.4 Å². The lowest BCUT2D eigenvalue weighted by Crippen LogP contribution is -2.42. The summed E-state index contributed by atoms with van der Waals surface area (Å²) in [6.07, 6.45) is -3.57. The van der Waals surface area contributed by atoms with Gasteiger partial charge in [0.15, 0.2) is 0 Å². The molecule has 1 atom stereocenters. The van der Waals surface area contributed by atoms with Crippen LogP contribution in [0.25, 0.3) is 0 Å². The molecule has 0 N–H and O–H groups in total. The average Bonchev–Trinajstić information content (AvgIpc) is 2.38. The summed E-state index contributed by atoms with van der Waals surface area (Å²) < 4.78 is 37.0. The zero-order valence-corrected chi connectivity index (χ0v) is 11.1. The van der Waals surface area contributed by atoms with Gasteiger partial charge in [0.25, 0.3) is 0 Å². The molecule has 0 aromatic rings. The molecule has 1 aliphatic heterocycles. The maximum atomic E-state index is 12.3. The summed E-state index contributed by atoms with van der Waals surface area (Å²) in [5.41, 5.74) is 0. The van der Waals surface area contributed by atoms with Gasteiger partial charge in [-0.2, -0.15) is 13.2 Å². The van der Waals surface area contributed by atoms with Gasteiger partial charge in [-0.1, -0.05) is 13.8 Å². The molecule has 3 nitrogen and oxygen atoms in total. The number of alkyl halides is 3. The quantitative estimate of drug-likeness (QED) is 0.764. The summed E-state index contributed by atoms with van der Waals surface area (Å²) in [4.78, 5) is 15.0. The molecule has 0 spiro atoms. The number of amides is 1. The zero-order chi connectivity index (χ0) is 13.9. The molecule has 1 amide bonds. The highest BCUT2D eigenvalue weighted by Crippen LogP contribution is 2.19. The summed E-state index contributed by atoms with van der Waals surface area (Å²) in [5.74, 6) is -0.0852. The standard InChI is InChI=1S/C12H21F3N2O/c1-9(2)11(18)17-7-6-16(5-4-10(17)3)8-12(13,14)15/h9-10H,4-8H2,1-3H3. The molecule has 1 fully saturated rings. The first-order chi connectivity index (χ1) is 8.20. The number of halogens is 3. The lowest BCUT2D eigenvalue weighted by Gasteiger charge is -2.28. The van der Waals surface area contributed by atoms with Gasteiger partial charge in [0.2, 0.25) is 5.91 Å². The van der Waals surface area contributed by atoms with Crippen molar-refractivity contribution in [3.63, 3.8) is 0 Å². The largest absolute Gasteiger partial charge is 0.401 e. The number of carbonyl (C=O) groups is 1. The van der Waals surface area contributed by atoms with Crippen LogP contribution in [0, 0.1) is 5.92 Å². The van der Waals surface area contributed by atoms with E-state index in [0.29, 0.717) is 26.1 Å². The number of nitrogens with zero attached hydrogens (tertiary/aromatic N) is 2. The van der Waals surface area contributed by atoms with Crippen LogP contribution < -0.4 is 0 Å². The molecule has 6 heteroatoms. The molecule has 0 saturated carbocycles. The smallest absolute Gasteiger partial charge is 0.338 e. The number of hydrogen-bond acceptors (Lipinski definition) is 2. The molecule has 0 aromatic carbocycles. The Labute approximate surface area is 106 Å². The van der Waals surface area contributed by atoms with Crippen molar-refractivity contribution < 1.29 is 18.0 Å². The highest BCUT2D eigenvalue weighted by atomic mass is 19.4. The molecule has 0 bridgehead atoms. The van der Waals surface area contributed by atoms with E-state index in [1.54, 1.807) is 4.90 Å². The van der Waals surface area contributed by atoms with Gasteiger partial charge in [-0.05, 0) is 13.3 Å². The highest BCUT2D eigenvalue weighted by molar-refractivity contribution is 5.78. The van der Waals surface area contributed by atoms with E-state index in [-0.39, 0.29) is 17.9 Å². The summed E-state index contributed by atoms with van der Waals surface area (Å²) in [6.45, 7) is 5.71. The van der Waals surface area contributed by atoms with Crippen molar-refractivity contribution in [1.29, 1.82) is 0 Å². The molecular formula is C12H21F3N2O. The number of carbonyl (C=O) groups excluding carboxylic acids is 1. The molecule has 1 unspecified atom stereocenters. The minimum Gasteiger partial charge on any atom is -0.338 e. The SMILES string of the molecule is CC(C)C(=O)N1CCN(CC(F)(F)F)CCC1C. The molecule has 1 aliphatic rings. The fourth-order valence-electron chi connectivity index (χ4n) is 2.18. The normalized spacial score (nSPS) is 23.3. The van der Waals surface area contributed by atoms with Crippen LogP contribution in [0.4, 0.5) is 13.2 Å². The number of hydrogen-bond donors (Lipinski definition) is 0. The Hall–Kier alpha value is -0.780. The van der Waals surface area contributed by atoms with Crippen molar-refractivity contribution in [3.8, 4) is 0 Å². The third-order valence-electron chi connectivity index (χ3n) is 3.23. The van der Waals surface area contributed by atoms with Crippen LogP contribution in [0.2, 0.25) is 0 Å². The van der Waals surface area contributed by atoms with Crippen LogP contribution in [0.3, 0.4) is 0 Å². The average molecular weight is 266 g/mol. The lowest BCUT2D eigenvalue weighted by atomic mass is 10.1. The molecule has 18 heavy (non-hydrogen) atoms. The van der Waals surface area contributed by atoms with Crippen molar-refractivity contribution in [1.82, 2.24) is 9.80 Å². The monoisotopic (exact) mass is 266 g/mol. The first-order valence-corrected chi connectivity index (χ1v) is 6.30. The van der Waals surface area contributed by atoms with Gasteiger partial charge in [-0.15, -0.1) is 0 Å². The molecule has 0 aromatic heterocycles. The van der Waals surface area contributed by atoms with Gasteiger partial charge >= 0.3 is 6.18 Å². The van der Waals surface area contributed by atoms with E-state index < -0.39 is 12.7 Å². The predicted octanol–water partition coefficient (Wildman–Crippen LogP) is 2.13. The summed E-state index contributed by atoms with van der Waals surface area (Å²) in [6, 6.07) is 0.0122. The molecule has 1 saturated heterocycles. The van der Waals surface area contributed by atoms with Gasteiger partial charge in [0.05, 0.1) is 6.54 Å². The second-order valence-corrected chi connectivity index (χ2v) is 5.22. The van der Waals surface area contributed by atoms with Crippen LogP contribution in [0.15, 0.2) is 0 Å². The summed E-state index contributed by atoms with van der Waals surface area (Å²) >= 11 is 0. The molecule has 1 rings (SSSR count). The molecule has 0 aliphatic carbocycles.